The summed E-state index contributed by atoms with van der Waals surface area (Å²) in [5.74, 6) is -1.83. The number of rotatable bonds is 5. The van der Waals surface area contributed by atoms with E-state index in [1.54, 1.807) is 18.2 Å². The second-order valence-electron chi connectivity index (χ2n) is 6.15. The second kappa shape index (κ2) is 5.51. The molecule has 0 aromatic heterocycles. The van der Waals surface area contributed by atoms with Crippen LogP contribution in [0.1, 0.15) is 37.7 Å². The molecule has 2 saturated carbocycles. The fourth-order valence-corrected chi connectivity index (χ4v) is 5.58. The van der Waals surface area contributed by atoms with Crippen LogP contribution in [0.3, 0.4) is 0 Å². The van der Waals surface area contributed by atoms with Crippen molar-refractivity contribution in [3.8, 4) is 0 Å². The lowest BCUT2D eigenvalue weighted by Crippen LogP contribution is -2.57. The monoisotopic (exact) mass is 343 g/mol. The smallest absolute Gasteiger partial charge is 0.307 e. The molecule has 0 aliphatic heterocycles. The molecule has 0 bridgehead atoms. The molecule has 0 amide bonds. The molecule has 2 aliphatic rings. The number of hydrogen-bond acceptors (Lipinski definition) is 3. The molecule has 3 rings (SSSR count). The summed E-state index contributed by atoms with van der Waals surface area (Å²) >= 11 is 6.01. The Hall–Kier alpha value is -1.11. The Kier molecular flexibility index (Phi) is 3.95. The van der Waals surface area contributed by atoms with Crippen LogP contribution in [0.2, 0.25) is 5.02 Å². The van der Waals surface area contributed by atoms with Crippen molar-refractivity contribution in [2.45, 2.75) is 42.9 Å². The minimum absolute atomic E-state index is 0.401. The van der Waals surface area contributed by atoms with Gasteiger partial charge in [0.25, 0.3) is 0 Å². The van der Waals surface area contributed by atoms with E-state index in [9.17, 15) is 13.2 Å². The van der Waals surface area contributed by atoms with Crippen LogP contribution < -0.4 is 4.72 Å². The van der Waals surface area contributed by atoms with E-state index in [1.807, 2.05) is 6.07 Å². The molecule has 2 aliphatic carbocycles. The highest BCUT2D eigenvalue weighted by atomic mass is 35.5. The number of sulfonamides is 1. The fraction of sp³-hybridized carbons (Fsp3) is 0.533. The SMILES string of the molecule is O=C(O)C1CCC1S(=O)(=O)NC1(c2cccc(Cl)c2)CCC1. The van der Waals surface area contributed by atoms with Crippen LogP contribution in [0.25, 0.3) is 0 Å². The summed E-state index contributed by atoms with van der Waals surface area (Å²) in [4.78, 5) is 11.1. The summed E-state index contributed by atoms with van der Waals surface area (Å²) < 4.78 is 28.0. The highest BCUT2D eigenvalue weighted by Crippen LogP contribution is 2.44. The van der Waals surface area contributed by atoms with E-state index in [0.717, 1.165) is 12.0 Å². The lowest BCUT2D eigenvalue weighted by Gasteiger charge is -2.45. The number of aliphatic carboxylic acids is 1. The van der Waals surface area contributed by atoms with Gasteiger partial charge in [0.1, 0.15) is 0 Å². The Morgan fingerprint density at radius 1 is 1.32 bits per heavy atom. The number of hydrogen-bond donors (Lipinski definition) is 2. The number of carboxylic acid groups (broad SMARTS) is 1. The average molecular weight is 344 g/mol. The molecule has 0 radical (unpaired) electrons. The van der Waals surface area contributed by atoms with Crippen molar-refractivity contribution in [3.05, 3.63) is 34.9 Å². The first-order valence-corrected chi connectivity index (χ1v) is 9.28. The highest BCUT2D eigenvalue weighted by Gasteiger charge is 2.50. The zero-order chi connectivity index (χ0) is 16.0. The molecule has 120 valence electrons. The van der Waals surface area contributed by atoms with Crippen LogP contribution in [0.15, 0.2) is 24.3 Å². The molecule has 5 nitrogen and oxygen atoms in total. The summed E-state index contributed by atoms with van der Waals surface area (Å²) in [6, 6.07) is 7.19. The summed E-state index contributed by atoms with van der Waals surface area (Å²) in [5, 5.41) is 8.81. The summed E-state index contributed by atoms with van der Waals surface area (Å²) in [7, 11) is -3.67. The van der Waals surface area contributed by atoms with Crippen molar-refractivity contribution in [1.82, 2.24) is 4.72 Å². The first-order chi connectivity index (χ1) is 10.3. The standard InChI is InChI=1S/C15H18ClNO4S/c16-11-4-1-3-10(9-11)15(7-2-8-15)17-22(20,21)13-6-5-12(13)14(18)19/h1,3-4,9,12-13,17H,2,5-8H2,(H,18,19). The van der Waals surface area contributed by atoms with Gasteiger partial charge in [0.15, 0.2) is 0 Å². The van der Waals surface area contributed by atoms with Crippen molar-refractivity contribution in [2.75, 3.05) is 0 Å². The van der Waals surface area contributed by atoms with Crippen LogP contribution in [-0.2, 0) is 20.4 Å². The maximum atomic E-state index is 12.6. The third-order valence-corrected chi connectivity index (χ3v) is 7.12. The summed E-state index contributed by atoms with van der Waals surface area (Å²) in [6.07, 6.45) is 3.17. The van der Waals surface area contributed by atoms with E-state index in [2.05, 4.69) is 4.72 Å². The molecule has 2 N–H and O–H groups in total. The van der Waals surface area contributed by atoms with Crippen molar-refractivity contribution in [2.24, 2.45) is 5.92 Å². The Balaban J connectivity index is 1.85. The van der Waals surface area contributed by atoms with E-state index >= 15 is 0 Å². The van der Waals surface area contributed by atoms with Crippen molar-refractivity contribution in [3.63, 3.8) is 0 Å². The number of halogens is 1. The van der Waals surface area contributed by atoms with Gasteiger partial charge in [-0.2, -0.15) is 0 Å². The minimum Gasteiger partial charge on any atom is -0.481 e. The molecule has 22 heavy (non-hydrogen) atoms. The normalized spacial score (nSPS) is 26.8. The fourth-order valence-electron chi connectivity index (χ4n) is 3.24. The predicted molar refractivity (Wildman–Crippen MR) is 83.2 cm³/mol. The third-order valence-electron chi connectivity index (χ3n) is 4.85. The van der Waals surface area contributed by atoms with Crippen LogP contribution in [0.4, 0.5) is 0 Å². The first-order valence-electron chi connectivity index (χ1n) is 7.36. The molecule has 0 saturated heterocycles. The van der Waals surface area contributed by atoms with E-state index < -0.39 is 32.7 Å². The molecule has 1 aromatic rings. The Morgan fingerprint density at radius 3 is 2.50 bits per heavy atom. The largest absolute Gasteiger partial charge is 0.481 e. The summed E-state index contributed by atoms with van der Waals surface area (Å²) in [6.45, 7) is 0. The van der Waals surface area contributed by atoms with E-state index in [0.29, 0.717) is 30.7 Å². The molecule has 2 unspecified atom stereocenters. The van der Waals surface area contributed by atoms with Crippen molar-refractivity contribution < 1.29 is 18.3 Å². The van der Waals surface area contributed by atoms with Gasteiger partial charge in [-0.1, -0.05) is 23.7 Å². The van der Waals surface area contributed by atoms with Gasteiger partial charge in [0.2, 0.25) is 10.0 Å². The van der Waals surface area contributed by atoms with Gasteiger partial charge < -0.3 is 5.11 Å². The zero-order valence-corrected chi connectivity index (χ0v) is 13.5. The Morgan fingerprint density at radius 2 is 2.05 bits per heavy atom. The predicted octanol–water partition coefficient (Wildman–Crippen LogP) is 2.50. The van der Waals surface area contributed by atoms with Gasteiger partial charge >= 0.3 is 5.97 Å². The molecule has 2 atom stereocenters. The topological polar surface area (TPSA) is 83.5 Å². The maximum absolute atomic E-state index is 12.6. The number of carboxylic acids is 1. The molecule has 0 spiro atoms. The van der Waals surface area contributed by atoms with Crippen LogP contribution in [0.5, 0.6) is 0 Å². The van der Waals surface area contributed by atoms with Gasteiger partial charge in [-0.3, -0.25) is 4.79 Å². The maximum Gasteiger partial charge on any atom is 0.307 e. The van der Waals surface area contributed by atoms with Gasteiger partial charge in [-0.15, -0.1) is 0 Å². The van der Waals surface area contributed by atoms with Crippen molar-refractivity contribution in [1.29, 1.82) is 0 Å². The van der Waals surface area contributed by atoms with Gasteiger partial charge in [-0.25, -0.2) is 13.1 Å². The van der Waals surface area contributed by atoms with Crippen LogP contribution in [0, 0.1) is 5.92 Å². The van der Waals surface area contributed by atoms with Gasteiger partial charge in [-0.05, 0) is 49.8 Å². The molecule has 0 heterocycles. The van der Waals surface area contributed by atoms with Crippen molar-refractivity contribution >= 4 is 27.6 Å². The molecule has 2 fully saturated rings. The van der Waals surface area contributed by atoms with Crippen LogP contribution >= 0.6 is 11.6 Å². The summed E-state index contributed by atoms with van der Waals surface area (Å²) in [5.41, 5.74) is 0.212. The Labute approximate surface area is 134 Å². The van der Waals surface area contributed by atoms with E-state index in [-0.39, 0.29) is 0 Å². The average Bonchev–Trinajstić information content (AvgIpc) is 2.31. The van der Waals surface area contributed by atoms with E-state index in [1.165, 1.54) is 0 Å². The molecule has 1 aromatic carbocycles. The zero-order valence-electron chi connectivity index (χ0n) is 12.0. The lowest BCUT2D eigenvalue weighted by atomic mass is 9.73. The number of carbonyl (C=O) groups is 1. The highest BCUT2D eigenvalue weighted by molar-refractivity contribution is 7.90. The first kappa shape index (κ1) is 15.8. The molecule has 7 heteroatoms. The van der Waals surface area contributed by atoms with Gasteiger partial charge in [0.05, 0.1) is 16.7 Å². The number of benzene rings is 1. The third kappa shape index (κ3) is 2.64. The quantitative estimate of drug-likeness (QED) is 0.860. The van der Waals surface area contributed by atoms with Gasteiger partial charge in [0, 0.05) is 5.02 Å². The minimum atomic E-state index is -3.67. The van der Waals surface area contributed by atoms with Crippen LogP contribution in [-0.4, -0.2) is 24.7 Å². The Bertz CT molecular complexity index is 699. The number of nitrogens with one attached hydrogen (secondary N) is 1. The second-order valence-corrected chi connectivity index (χ2v) is 8.49. The van der Waals surface area contributed by atoms with E-state index in [4.69, 9.17) is 16.7 Å². The lowest BCUT2D eigenvalue weighted by molar-refractivity contribution is -0.144. The molecular formula is C15H18ClNO4S. The molecular weight excluding hydrogens is 326 g/mol.